The molecule has 1 unspecified atom stereocenters. The third-order valence-electron chi connectivity index (χ3n) is 5.17. The van der Waals surface area contributed by atoms with Crippen LogP contribution in [0, 0.1) is 11.3 Å². The van der Waals surface area contributed by atoms with Gasteiger partial charge in [0.1, 0.15) is 11.1 Å². The number of nitrogens with two attached hydrogens (primary N) is 1. The molecule has 0 bridgehead atoms. The summed E-state index contributed by atoms with van der Waals surface area (Å²) in [6, 6.07) is 9.25. The van der Waals surface area contributed by atoms with Crippen LogP contribution in [0.1, 0.15) is 36.1 Å². The van der Waals surface area contributed by atoms with Crippen molar-refractivity contribution in [1.82, 2.24) is 4.98 Å². The second-order valence-electron chi connectivity index (χ2n) is 7.18. The second-order valence-corrected chi connectivity index (χ2v) is 9.94. The molecule has 8 nitrogen and oxygen atoms in total. The third kappa shape index (κ3) is 3.84. The predicted molar refractivity (Wildman–Crippen MR) is 110 cm³/mol. The molecule has 30 heavy (non-hydrogen) atoms. The number of rotatable bonds is 4. The molecule has 10 heteroatoms. The van der Waals surface area contributed by atoms with Crippen LogP contribution in [0.3, 0.4) is 0 Å². The molecule has 0 spiro atoms. The summed E-state index contributed by atoms with van der Waals surface area (Å²) < 4.78 is 22.8. The number of fused-ring (bicyclic) bond motifs is 1. The van der Waals surface area contributed by atoms with E-state index in [9.17, 15) is 23.3 Å². The Bertz CT molecular complexity index is 1190. The summed E-state index contributed by atoms with van der Waals surface area (Å²) in [5.41, 5.74) is 2.72. The zero-order chi connectivity index (χ0) is 21.5. The highest BCUT2D eigenvalue weighted by atomic mass is 32.2. The molecule has 154 valence electrons. The van der Waals surface area contributed by atoms with Gasteiger partial charge in [-0.1, -0.05) is 11.8 Å². The van der Waals surface area contributed by atoms with Gasteiger partial charge in [0.15, 0.2) is 0 Å². The van der Waals surface area contributed by atoms with Crippen LogP contribution in [0.15, 0.2) is 40.3 Å². The number of hydrogen-bond donors (Lipinski definition) is 1. The molecule has 1 saturated heterocycles. The number of pyridine rings is 1. The Balaban J connectivity index is 1.59. The van der Waals surface area contributed by atoms with Crippen LogP contribution in [0.25, 0.3) is 0 Å². The van der Waals surface area contributed by atoms with Gasteiger partial charge in [-0.3, -0.25) is 9.59 Å². The van der Waals surface area contributed by atoms with Crippen LogP contribution in [-0.4, -0.2) is 30.5 Å². The van der Waals surface area contributed by atoms with Crippen LogP contribution < -0.4 is 10.0 Å². The number of sulfonamides is 1. The van der Waals surface area contributed by atoms with Crippen molar-refractivity contribution in [2.24, 2.45) is 5.14 Å². The van der Waals surface area contributed by atoms with Crippen molar-refractivity contribution >= 4 is 39.3 Å². The van der Waals surface area contributed by atoms with E-state index >= 15 is 0 Å². The number of primary sulfonamides is 1. The van der Waals surface area contributed by atoms with Crippen LogP contribution in [0.4, 0.5) is 5.69 Å². The quantitative estimate of drug-likeness (QED) is 0.715. The summed E-state index contributed by atoms with van der Waals surface area (Å²) in [5, 5.41) is 14.4. The lowest BCUT2D eigenvalue weighted by molar-refractivity contribution is -0.121. The molecule has 1 aromatic carbocycles. The Hall–Kier alpha value is -2.74. The van der Waals surface area contributed by atoms with Crippen LogP contribution in [-0.2, 0) is 32.5 Å². The summed E-state index contributed by atoms with van der Waals surface area (Å²) in [4.78, 5) is 31.0. The Morgan fingerprint density at radius 3 is 2.53 bits per heavy atom. The molecule has 2 amide bonds. The first-order valence-corrected chi connectivity index (χ1v) is 11.8. The number of hydrogen-bond acceptors (Lipinski definition) is 7. The molecule has 4 rings (SSSR count). The molecular weight excluding hydrogens is 424 g/mol. The molecule has 0 saturated carbocycles. The Morgan fingerprint density at radius 1 is 1.17 bits per heavy atom. The van der Waals surface area contributed by atoms with E-state index in [1.807, 2.05) is 6.07 Å². The fraction of sp³-hybridized carbons (Fsp3) is 0.300. The number of nitrogens with zero attached hydrogens (tertiary/aromatic N) is 3. The second kappa shape index (κ2) is 7.83. The van der Waals surface area contributed by atoms with Gasteiger partial charge in [-0.2, -0.15) is 5.26 Å². The Labute approximate surface area is 178 Å². The van der Waals surface area contributed by atoms with E-state index in [0.29, 0.717) is 10.6 Å². The third-order valence-corrected chi connectivity index (χ3v) is 7.29. The van der Waals surface area contributed by atoms with Gasteiger partial charge in [-0.05, 0) is 61.6 Å². The van der Waals surface area contributed by atoms with Gasteiger partial charge in [0.05, 0.1) is 21.4 Å². The average molecular weight is 443 g/mol. The first-order valence-electron chi connectivity index (χ1n) is 9.37. The smallest absolute Gasteiger partial charge is 0.247 e. The fourth-order valence-corrected chi connectivity index (χ4v) is 5.28. The first kappa shape index (κ1) is 20.5. The van der Waals surface area contributed by atoms with Crippen molar-refractivity contribution in [3.8, 4) is 6.07 Å². The van der Waals surface area contributed by atoms with Crippen molar-refractivity contribution in [2.75, 3.05) is 4.90 Å². The number of thioether (sulfide) groups is 1. The fourth-order valence-electron chi connectivity index (χ4n) is 3.67. The maximum absolute atomic E-state index is 12.9. The van der Waals surface area contributed by atoms with Gasteiger partial charge in [0, 0.05) is 12.1 Å². The van der Waals surface area contributed by atoms with Gasteiger partial charge in [0.2, 0.25) is 21.8 Å². The lowest BCUT2D eigenvalue weighted by Crippen LogP contribution is -2.31. The standard InChI is InChI=1S/C20H18N4O4S2/c21-11-13-9-12-3-1-2-4-16(12)23-19(13)29-17-10-18(25)24(20(17)26)14-5-7-15(8-6-14)30(22,27)28/h5-9,17H,1-4,10H2,(H2,22,27,28). The highest BCUT2D eigenvalue weighted by molar-refractivity contribution is 8.00. The Kier molecular flexibility index (Phi) is 5.36. The molecular formula is C20H18N4O4S2. The summed E-state index contributed by atoms with van der Waals surface area (Å²) >= 11 is 1.13. The summed E-state index contributed by atoms with van der Waals surface area (Å²) in [6.07, 6.45) is 3.82. The van der Waals surface area contributed by atoms with E-state index in [1.165, 1.54) is 24.3 Å². The largest absolute Gasteiger partial charge is 0.274 e. The van der Waals surface area contributed by atoms with E-state index in [2.05, 4.69) is 11.1 Å². The highest BCUT2D eigenvalue weighted by Gasteiger charge is 2.41. The number of carbonyl (C=O) groups is 2. The SMILES string of the molecule is N#Cc1cc2c(nc1SC1CC(=O)N(c3ccc(S(N)(=O)=O)cc3)C1=O)CCCC2. The van der Waals surface area contributed by atoms with Gasteiger partial charge in [-0.15, -0.1) is 0 Å². The number of amides is 2. The number of carbonyl (C=O) groups excluding carboxylic acids is 2. The van der Waals surface area contributed by atoms with Gasteiger partial charge >= 0.3 is 0 Å². The van der Waals surface area contributed by atoms with Crippen molar-refractivity contribution in [1.29, 1.82) is 5.26 Å². The normalized spacial score (nSPS) is 18.9. The van der Waals surface area contributed by atoms with Crippen molar-refractivity contribution in [3.63, 3.8) is 0 Å². The number of aromatic nitrogens is 1. The van der Waals surface area contributed by atoms with E-state index in [1.54, 1.807) is 0 Å². The zero-order valence-electron chi connectivity index (χ0n) is 15.9. The monoisotopic (exact) mass is 442 g/mol. The minimum atomic E-state index is -3.87. The van der Waals surface area contributed by atoms with Gasteiger partial charge < -0.3 is 0 Å². The van der Waals surface area contributed by atoms with Gasteiger partial charge in [-0.25, -0.2) is 23.4 Å². The molecule has 2 N–H and O–H groups in total. The molecule has 1 fully saturated rings. The molecule has 1 aliphatic carbocycles. The van der Waals surface area contributed by atoms with Crippen LogP contribution in [0.5, 0.6) is 0 Å². The molecule has 2 heterocycles. The minimum Gasteiger partial charge on any atom is -0.274 e. The summed E-state index contributed by atoms with van der Waals surface area (Å²) in [5.74, 6) is -0.811. The first-order chi connectivity index (χ1) is 14.3. The van der Waals surface area contributed by atoms with Crippen molar-refractivity contribution in [3.05, 3.63) is 47.2 Å². The molecule has 0 radical (unpaired) electrons. The summed E-state index contributed by atoms with van der Waals surface area (Å²) in [6.45, 7) is 0. The highest BCUT2D eigenvalue weighted by Crippen LogP contribution is 2.36. The van der Waals surface area contributed by atoms with E-state index in [4.69, 9.17) is 5.14 Å². The molecule has 1 aromatic heterocycles. The minimum absolute atomic E-state index is 0.0237. The molecule has 1 atom stereocenters. The lowest BCUT2D eigenvalue weighted by Gasteiger charge is -2.18. The van der Waals surface area contributed by atoms with Gasteiger partial charge in [0.25, 0.3) is 0 Å². The maximum atomic E-state index is 12.9. The number of anilines is 1. The topological polar surface area (TPSA) is 134 Å². The number of benzene rings is 1. The van der Waals surface area contributed by atoms with E-state index in [-0.39, 0.29) is 17.0 Å². The molecule has 2 aromatic rings. The van der Waals surface area contributed by atoms with Crippen LogP contribution >= 0.6 is 11.8 Å². The number of aryl methyl sites for hydroxylation is 2. The molecule has 1 aliphatic heterocycles. The van der Waals surface area contributed by atoms with E-state index < -0.39 is 27.1 Å². The van der Waals surface area contributed by atoms with Crippen molar-refractivity contribution in [2.45, 2.75) is 47.3 Å². The Morgan fingerprint density at radius 2 is 1.87 bits per heavy atom. The summed E-state index contributed by atoms with van der Waals surface area (Å²) in [7, 11) is -3.87. The lowest BCUT2D eigenvalue weighted by atomic mass is 9.95. The zero-order valence-corrected chi connectivity index (χ0v) is 17.5. The molecule has 2 aliphatic rings. The number of nitriles is 1. The average Bonchev–Trinajstić information content (AvgIpc) is 3.00. The van der Waals surface area contributed by atoms with Crippen molar-refractivity contribution < 1.29 is 18.0 Å². The van der Waals surface area contributed by atoms with Crippen LogP contribution in [0.2, 0.25) is 0 Å². The maximum Gasteiger partial charge on any atom is 0.247 e. The van der Waals surface area contributed by atoms with E-state index in [0.717, 1.165) is 53.6 Å². The number of imide groups is 1. The predicted octanol–water partition coefficient (Wildman–Crippen LogP) is 1.90.